The molecule has 0 radical (unpaired) electrons. The Morgan fingerprint density at radius 2 is 2.07 bits per heavy atom. The molecular formula is C8H16O5S. The zero-order chi connectivity index (χ0) is 11.0. The second-order valence-corrected chi connectivity index (χ2v) is 4.55. The number of aliphatic carboxylic acids is 1. The molecule has 0 amide bonds. The van der Waals surface area contributed by atoms with Crippen LogP contribution in [-0.4, -0.2) is 53.2 Å². The highest BCUT2D eigenvalue weighted by Gasteiger charge is 2.17. The van der Waals surface area contributed by atoms with Crippen LogP contribution in [0.2, 0.25) is 0 Å². The lowest BCUT2D eigenvalue weighted by Crippen LogP contribution is -2.25. The first-order valence-corrected chi connectivity index (χ1v) is 5.64. The number of carboxylic acids is 1. The van der Waals surface area contributed by atoms with E-state index in [2.05, 4.69) is 0 Å². The Labute approximate surface area is 85.9 Å². The molecule has 84 valence electrons. The summed E-state index contributed by atoms with van der Waals surface area (Å²) in [5.41, 5.74) is 0. The third kappa shape index (κ3) is 6.06. The van der Waals surface area contributed by atoms with Crippen molar-refractivity contribution in [3.8, 4) is 0 Å². The van der Waals surface area contributed by atoms with Crippen LogP contribution in [0.15, 0.2) is 0 Å². The fourth-order valence-electron chi connectivity index (χ4n) is 0.675. The predicted molar refractivity (Wildman–Crippen MR) is 52.8 cm³/mol. The van der Waals surface area contributed by atoms with Gasteiger partial charge in [-0.05, 0) is 6.92 Å². The van der Waals surface area contributed by atoms with Gasteiger partial charge < -0.3 is 14.6 Å². The molecule has 0 aromatic rings. The van der Waals surface area contributed by atoms with E-state index in [0.29, 0.717) is 19.8 Å². The molecule has 6 heteroatoms. The molecule has 2 unspecified atom stereocenters. The minimum atomic E-state index is -1.37. The van der Waals surface area contributed by atoms with Gasteiger partial charge in [0.25, 0.3) is 0 Å². The van der Waals surface area contributed by atoms with Crippen molar-refractivity contribution < 1.29 is 23.6 Å². The van der Waals surface area contributed by atoms with Crippen molar-refractivity contribution in [1.29, 1.82) is 0 Å². The highest BCUT2D eigenvalue weighted by molar-refractivity contribution is 7.86. The Hall–Kier alpha value is -0.460. The number of ether oxygens (including phenoxy) is 2. The van der Waals surface area contributed by atoms with Crippen LogP contribution in [0.4, 0.5) is 0 Å². The molecule has 0 aliphatic heterocycles. The zero-order valence-electron chi connectivity index (χ0n) is 8.39. The van der Waals surface area contributed by atoms with Crippen molar-refractivity contribution in [1.82, 2.24) is 0 Å². The molecule has 2 atom stereocenters. The lowest BCUT2D eigenvalue weighted by atomic mass is 10.5. The number of hydrogen-bond donors (Lipinski definition) is 1. The van der Waals surface area contributed by atoms with Crippen molar-refractivity contribution in [2.24, 2.45) is 0 Å². The fraction of sp³-hybridized carbons (Fsp3) is 0.875. The molecule has 0 saturated carbocycles. The number of carboxylic acid groups (broad SMARTS) is 1. The smallest absolute Gasteiger partial charge is 0.318 e. The van der Waals surface area contributed by atoms with E-state index in [1.54, 1.807) is 7.11 Å². The SMILES string of the molecule is COCCOCCS(=O)C(C)C(=O)O. The van der Waals surface area contributed by atoms with Gasteiger partial charge in [-0.3, -0.25) is 9.00 Å². The van der Waals surface area contributed by atoms with E-state index in [0.717, 1.165) is 0 Å². The van der Waals surface area contributed by atoms with Crippen molar-refractivity contribution >= 4 is 16.8 Å². The molecule has 14 heavy (non-hydrogen) atoms. The molecule has 0 fully saturated rings. The molecule has 0 saturated heterocycles. The van der Waals surface area contributed by atoms with Crippen LogP contribution in [0.1, 0.15) is 6.92 Å². The molecule has 5 nitrogen and oxygen atoms in total. The third-order valence-electron chi connectivity index (χ3n) is 1.60. The van der Waals surface area contributed by atoms with Gasteiger partial charge >= 0.3 is 5.97 Å². The van der Waals surface area contributed by atoms with Crippen LogP contribution in [0, 0.1) is 0 Å². The molecule has 1 N–H and O–H groups in total. The van der Waals surface area contributed by atoms with Gasteiger partial charge in [-0.25, -0.2) is 0 Å². The van der Waals surface area contributed by atoms with E-state index < -0.39 is 22.0 Å². The summed E-state index contributed by atoms with van der Waals surface area (Å²) in [6.07, 6.45) is 0. The van der Waals surface area contributed by atoms with Gasteiger partial charge in [-0.15, -0.1) is 0 Å². The Morgan fingerprint density at radius 3 is 2.57 bits per heavy atom. The van der Waals surface area contributed by atoms with E-state index in [-0.39, 0.29) is 5.75 Å². The second kappa shape index (κ2) is 7.90. The Balaban J connectivity index is 3.49. The van der Waals surface area contributed by atoms with Gasteiger partial charge in [0.2, 0.25) is 0 Å². The van der Waals surface area contributed by atoms with Gasteiger partial charge in [-0.1, -0.05) is 0 Å². The summed E-state index contributed by atoms with van der Waals surface area (Å²) in [4.78, 5) is 10.4. The maximum absolute atomic E-state index is 11.2. The van der Waals surface area contributed by atoms with Crippen LogP contribution in [0.3, 0.4) is 0 Å². The molecule has 0 aromatic carbocycles. The highest BCUT2D eigenvalue weighted by atomic mass is 32.2. The Bertz CT molecular complexity index is 194. The number of carbonyl (C=O) groups is 1. The molecule has 0 aliphatic rings. The lowest BCUT2D eigenvalue weighted by Gasteiger charge is -2.06. The first-order chi connectivity index (χ1) is 6.59. The van der Waals surface area contributed by atoms with Crippen LogP contribution in [0.5, 0.6) is 0 Å². The minimum absolute atomic E-state index is 0.247. The van der Waals surface area contributed by atoms with Crippen LogP contribution in [-0.2, 0) is 25.1 Å². The third-order valence-corrected chi connectivity index (χ3v) is 3.16. The lowest BCUT2D eigenvalue weighted by molar-refractivity contribution is -0.136. The molecule has 0 rings (SSSR count). The average Bonchev–Trinajstić information content (AvgIpc) is 2.16. The summed E-state index contributed by atoms with van der Waals surface area (Å²) >= 11 is 0. The zero-order valence-corrected chi connectivity index (χ0v) is 9.21. The minimum Gasteiger partial charge on any atom is -0.480 e. The first kappa shape index (κ1) is 13.5. The topological polar surface area (TPSA) is 72.8 Å². The standard InChI is InChI=1S/C8H16O5S/c1-7(8(9)10)14(11)6-5-13-4-3-12-2/h7H,3-6H2,1-2H3,(H,9,10). The summed E-state index contributed by atoms with van der Waals surface area (Å²) in [6, 6.07) is 0. The van der Waals surface area contributed by atoms with Crippen molar-refractivity contribution in [2.45, 2.75) is 12.2 Å². The van der Waals surface area contributed by atoms with Crippen molar-refractivity contribution in [3.05, 3.63) is 0 Å². The largest absolute Gasteiger partial charge is 0.480 e. The molecule has 0 spiro atoms. The maximum atomic E-state index is 11.2. The number of rotatable bonds is 8. The normalized spacial score (nSPS) is 15.0. The predicted octanol–water partition coefficient (Wildman–Crippen LogP) is -0.129. The van der Waals surface area contributed by atoms with Crippen LogP contribution >= 0.6 is 0 Å². The Morgan fingerprint density at radius 1 is 1.43 bits per heavy atom. The van der Waals surface area contributed by atoms with E-state index in [4.69, 9.17) is 14.6 Å². The van der Waals surface area contributed by atoms with Crippen molar-refractivity contribution in [3.63, 3.8) is 0 Å². The Kier molecular flexibility index (Phi) is 7.64. The van der Waals surface area contributed by atoms with E-state index in [1.807, 2.05) is 0 Å². The number of hydrogen-bond acceptors (Lipinski definition) is 4. The summed E-state index contributed by atoms with van der Waals surface area (Å²) < 4.78 is 21.0. The van der Waals surface area contributed by atoms with Gasteiger partial charge in [0.1, 0.15) is 5.25 Å². The second-order valence-electron chi connectivity index (χ2n) is 2.67. The molecular weight excluding hydrogens is 208 g/mol. The van der Waals surface area contributed by atoms with Gasteiger partial charge in [-0.2, -0.15) is 0 Å². The van der Waals surface area contributed by atoms with E-state index in [1.165, 1.54) is 6.92 Å². The van der Waals surface area contributed by atoms with Crippen LogP contribution in [0.25, 0.3) is 0 Å². The monoisotopic (exact) mass is 224 g/mol. The van der Waals surface area contributed by atoms with Gasteiger partial charge in [0.15, 0.2) is 0 Å². The molecule has 0 heterocycles. The number of methoxy groups -OCH3 is 1. The summed E-state index contributed by atoms with van der Waals surface area (Å²) in [6.45, 7) is 2.65. The quantitative estimate of drug-likeness (QED) is 0.581. The molecule has 0 aliphatic carbocycles. The van der Waals surface area contributed by atoms with E-state index >= 15 is 0 Å². The van der Waals surface area contributed by atoms with Crippen molar-refractivity contribution in [2.75, 3.05) is 32.7 Å². The highest BCUT2D eigenvalue weighted by Crippen LogP contribution is 1.96. The van der Waals surface area contributed by atoms with Gasteiger partial charge in [0.05, 0.1) is 19.8 Å². The van der Waals surface area contributed by atoms with Crippen LogP contribution < -0.4 is 0 Å². The molecule has 0 bridgehead atoms. The molecule has 0 aromatic heterocycles. The maximum Gasteiger partial charge on any atom is 0.318 e. The average molecular weight is 224 g/mol. The first-order valence-electron chi connectivity index (χ1n) is 4.26. The summed E-state index contributed by atoms with van der Waals surface area (Å²) in [7, 11) is 0.198. The van der Waals surface area contributed by atoms with Gasteiger partial charge in [0, 0.05) is 23.7 Å². The summed E-state index contributed by atoms with van der Waals surface area (Å²) in [5, 5.41) is 7.71. The fourth-order valence-corrected chi connectivity index (χ4v) is 1.54. The van der Waals surface area contributed by atoms with E-state index in [9.17, 15) is 9.00 Å². The summed E-state index contributed by atoms with van der Waals surface area (Å²) in [5.74, 6) is -0.794.